The smallest absolute Gasteiger partial charge is 0.338 e. The average Bonchev–Trinajstić information content (AvgIpc) is 2.99. The molecule has 0 atom stereocenters. The van der Waals surface area contributed by atoms with Gasteiger partial charge in [0.05, 0.1) is 0 Å². The molecule has 1 heterocycles. The van der Waals surface area contributed by atoms with E-state index in [9.17, 15) is 9.90 Å². The third-order valence-corrected chi connectivity index (χ3v) is 3.78. The van der Waals surface area contributed by atoms with E-state index in [4.69, 9.17) is 4.74 Å². The van der Waals surface area contributed by atoms with E-state index in [1.54, 1.807) is 0 Å². The van der Waals surface area contributed by atoms with Gasteiger partial charge in [-0.3, -0.25) is 0 Å². The summed E-state index contributed by atoms with van der Waals surface area (Å²) in [5.74, 6) is -0.0453. The number of aliphatic hydroxyl groups is 1. The van der Waals surface area contributed by atoms with Gasteiger partial charge in [0.15, 0.2) is 5.60 Å². The lowest BCUT2D eigenvalue weighted by atomic mass is 9.83. The molecule has 1 aliphatic heterocycles. The molecule has 0 bridgehead atoms. The molecule has 92 valence electrons. The number of carbonyl (C=O) groups excluding carboxylic acids is 1. The molecular formula is C12H21NO3. The lowest BCUT2D eigenvalue weighted by Crippen LogP contribution is -2.44. The SMILES string of the molecule is CC(C)(OC(=O)C1(O)CC1)C1CCNCC1. The zero-order valence-corrected chi connectivity index (χ0v) is 10.1. The van der Waals surface area contributed by atoms with Gasteiger partial charge in [-0.2, -0.15) is 0 Å². The Bertz CT molecular complexity index is 278. The Labute approximate surface area is 96.4 Å². The van der Waals surface area contributed by atoms with Crippen molar-refractivity contribution in [2.24, 2.45) is 5.92 Å². The van der Waals surface area contributed by atoms with Gasteiger partial charge < -0.3 is 15.2 Å². The number of hydrogen-bond acceptors (Lipinski definition) is 4. The standard InChI is InChI=1S/C12H21NO3/c1-11(2,9-3-7-13-8-4-9)16-10(14)12(15)5-6-12/h9,13,15H,3-8H2,1-2H3. The van der Waals surface area contributed by atoms with Gasteiger partial charge in [0.25, 0.3) is 0 Å². The molecule has 0 spiro atoms. The quantitative estimate of drug-likeness (QED) is 0.701. The molecule has 2 aliphatic rings. The van der Waals surface area contributed by atoms with Gasteiger partial charge in [-0.15, -0.1) is 0 Å². The van der Waals surface area contributed by atoms with Crippen LogP contribution in [0.3, 0.4) is 0 Å². The molecule has 4 heteroatoms. The third kappa shape index (κ3) is 2.38. The number of nitrogens with one attached hydrogen (secondary N) is 1. The maximum absolute atomic E-state index is 11.7. The van der Waals surface area contributed by atoms with Crippen LogP contribution in [0, 0.1) is 5.92 Å². The van der Waals surface area contributed by atoms with Crippen molar-refractivity contribution in [1.29, 1.82) is 0 Å². The number of hydrogen-bond donors (Lipinski definition) is 2. The fraction of sp³-hybridized carbons (Fsp3) is 0.917. The summed E-state index contributed by atoms with van der Waals surface area (Å²) in [6.07, 6.45) is 3.15. The lowest BCUT2D eigenvalue weighted by molar-refractivity contribution is -0.175. The Kier molecular flexibility index (Phi) is 2.97. The summed E-state index contributed by atoms with van der Waals surface area (Å²) >= 11 is 0. The van der Waals surface area contributed by atoms with Gasteiger partial charge in [0.2, 0.25) is 0 Å². The van der Waals surface area contributed by atoms with Crippen molar-refractivity contribution in [3.8, 4) is 0 Å². The Balaban J connectivity index is 1.93. The number of esters is 1. The van der Waals surface area contributed by atoms with Crippen molar-refractivity contribution in [2.45, 2.75) is 50.7 Å². The molecule has 16 heavy (non-hydrogen) atoms. The third-order valence-electron chi connectivity index (χ3n) is 3.78. The van der Waals surface area contributed by atoms with E-state index in [1.165, 1.54) is 0 Å². The fourth-order valence-electron chi connectivity index (χ4n) is 2.26. The molecule has 1 aliphatic carbocycles. The summed E-state index contributed by atoms with van der Waals surface area (Å²) in [6.45, 7) is 5.87. The second-order valence-corrected chi connectivity index (χ2v) is 5.55. The first-order valence-electron chi connectivity index (χ1n) is 6.11. The second-order valence-electron chi connectivity index (χ2n) is 5.55. The molecule has 0 unspecified atom stereocenters. The highest BCUT2D eigenvalue weighted by Crippen LogP contribution is 2.39. The van der Waals surface area contributed by atoms with E-state index >= 15 is 0 Å². The lowest BCUT2D eigenvalue weighted by Gasteiger charge is -2.37. The molecule has 0 radical (unpaired) electrons. The minimum atomic E-state index is -1.16. The Hall–Kier alpha value is -0.610. The first-order valence-corrected chi connectivity index (χ1v) is 6.11. The van der Waals surface area contributed by atoms with Crippen LogP contribution in [0.15, 0.2) is 0 Å². The highest BCUT2D eigenvalue weighted by atomic mass is 16.6. The molecular weight excluding hydrogens is 206 g/mol. The number of carbonyl (C=O) groups is 1. The largest absolute Gasteiger partial charge is 0.457 e. The summed E-state index contributed by atoms with van der Waals surface area (Å²) in [5, 5.41) is 13.0. The van der Waals surface area contributed by atoms with Crippen molar-refractivity contribution in [3.05, 3.63) is 0 Å². The maximum atomic E-state index is 11.7. The van der Waals surface area contributed by atoms with Gasteiger partial charge >= 0.3 is 5.97 Å². The first kappa shape index (κ1) is 11.9. The number of ether oxygens (including phenoxy) is 1. The number of piperidine rings is 1. The van der Waals surface area contributed by atoms with Gasteiger partial charge in [-0.1, -0.05) is 0 Å². The van der Waals surface area contributed by atoms with Crippen molar-refractivity contribution in [1.82, 2.24) is 5.32 Å². The van der Waals surface area contributed by atoms with Crippen LogP contribution in [0.5, 0.6) is 0 Å². The Morgan fingerprint density at radius 1 is 1.38 bits per heavy atom. The molecule has 2 fully saturated rings. The first-order chi connectivity index (χ1) is 7.44. The zero-order valence-electron chi connectivity index (χ0n) is 10.1. The molecule has 4 nitrogen and oxygen atoms in total. The number of rotatable bonds is 3. The van der Waals surface area contributed by atoms with Gasteiger partial charge in [0.1, 0.15) is 5.60 Å². The van der Waals surface area contributed by atoms with Crippen LogP contribution in [0.1, 0.15) is 39.5 Å². The molecule has 0 aromatic rings. The van der Waals surface area contributed by atoms with Crippen molar-refractivity contribution < 1.29 is 14.6 Å². The Morgan fingerprint density at radius 3 is 2.44 bits per heavy atom. The summed E-state index contributed by atoms with van der Waals surface area (Å²) in [4.78, 5) is 11.7. The minimum absolute atomic E-state index is 0.389. The molecule has 0 aromatic carbocycles. The topological polar surface area (TPSA) is 58.6 Å². The van der Waals surface area contributed by atoms with Crippen LogP contribution in [0.25, 0.3) is 0 Å². The summed E-state index contributed by atoms with van der Waals surface area (Å²) < 4.78 is 5.49. The summed E-state index contributed by atoms with van der Waals surface area (Å²) in [7, 11) is 0. The molecule has 2 N–H and O–H groups in total. The summed E-state index contributed by atoms with van der Waals surface area (Å²) in [6, 6.07) is 0. The molecule has 1 saturated heterocycles. The van der Waals surface area contributed by atoms with E-state index in [0.717, 1.165) is 25.9 Å². The van der Waals surface area contributed by atoms with E-state index in [1.807, 2.05) is 13.8 Å². The Morgan fingerprint density at radius 2 is 1.94 bits per heavy atom. The molecule has 0 amide bonds. The van der Waals surface area contributed by atoms with Crippen molar-refractivity contribution >= 4 is 5.97 Å². The predicted molar refractivity (Wildman–Crippen MR) is 59.9 cm³/mol. The van der Waals surface area contributed by atoms with E-state index < -0.39 is 17.2 Å². The second kappa shape index (κ2) is 4.00. The maximum Gasteiger partial charge on any atom is 0.338 e. The van der Waals surface area contributed by atoms with Gasteiger partial charge in [-0.25, -0.2) is 4.79 Å². The average molecular weight is 227 g/mol. The molecule has 2 rings (SSSR count). The minimum Gasteiger partial charge on any atom is -0.457 e. The van der Waals surface area contributed by atoms with Gasteiger partial charge in [0, 0.05) is 5.92 Å². The van der Waals surface area contributed by atoms with Crippen LogP contribution >= 0.6 is 0 Å². The van der Waals surface area contributed by atoms with Crippen molar-refractivity contribution in [2.75, 3.05) is 13.1 Å². The normalized spacial score (nSPS) is 25.2. The zero-order chi connectivity index (χ0) is 11.8. The van der Waals surface area contributed by atoms with E-state index in [2.05, 4.69) is 5.32 Å². The predicted octanol–water partition coefficient (Wildman–Crippen LogP) is 0.833. The van der Waals surface area contributed by atoms with E-state index in [0.29, 0.717) is 18.8 Å². The van der Waals surface area contributed by atoms with Crippen LogP contribution in [-0.2, 0) is 9.53 Å². The highest BCUT2D eigenvalue weighted by Gasteiger charge is 2.51. The monoisotopic (exact) mass is 227 g/mol. The summed E-state index contributed by atoms with van der Waals surface area (Å²) in [5.41, 5.74) is -1.62. The molecule has 1 saturated carbocycles. The van der Waals surface area contributed by atoms with Gasteiger partial charge in [-0.05, 0) is 52.6 Å². The van der Waals surface area contributed by atoms with Crippen LogP contribution in [0.2, 0.25) is 0 Å². The van der Waals surface area contributed by atoms with Crippen LogP contribution in [-0.4, -0.2) is 35.4 Å². The van der Waals surface area contributed by atoms with Crippen molar-refractivity contribution in [3.63, 3.8) is 0 Å². The highest BCUT2D eigenvalue weighted by molar-refractivity contribution is 5.82. The van der Waals surface area contributed by atoms with Crippen LogP contribution < -0.4 is 5.32 Å². The van der Waals surface area contributed by atoms with Crippen LogP contribution in [0.4, 0.5) is 0 Å². The fourth-order valence-corrected chi connectivity index (χ4v) is 2.26. The van der Waals surface area contributed by atoms with E-state index in [-0.39, 0.29) is 0 Å². The molecule has 0 aromatic heterocycles.